The summed E-state index contributed by atoms with van der Waals surface area (Å²) in [5, 5.41) is 13.3. The van der Waals surface area contributed by atoms with Crippen LogP contribution in [0.1, 0.15) is 18.9 Å². The van der Waals surface area contributed by atoms with Crippen molar-refractivity contribution in [3.63, 3.8) is 0 Å². The highest BCUT2D eigenvalue weighted by Gasteiger charge is 2.19. The highest BCUT2D eigenvalue weighted by atomic mass is 16.4. The van der Waals surface area contributed by atoms with Crippen LogP contribution in [0.25, 0.3) is 10.8 Å². The second-order valence-corrected chi connectivity index (χ2v) is 4.71. The van der Waals surface area contributed by atoms with Crippen molar-refractivity contribution in [1.29, 1.82) is 0 Å². The van der Waals surface area contributed by atoms with Gasteiger partial charge < -0.3 is 10.4 Å². The van der Waals surface area contributed by atoms with E-state index in [9.17, 15) is 9.59 Å². The van der Waals surface area contributed by atoms with E-state index in [1.165, 1.54) is 0 Å². The molecule has 1 amide bonds. The van der Waals surface area contributed by atoms with E-state index in [1.807, 2.05) is 42.5 Å². The molecule has 2 N–H and O–H groups in total. The zero-order valence-electron chi connectivity index (χ0n) is 11.3. The Morgan fingerprint density at radius 1 is 1.15 bits per heavy atom. The van der Waals surface area contributed by atoms with E-state index in [4.69, 9.17) is 5.11 Å². The van der Waals surface area contributed by atoms with Crippen LogP contribution in [0.5, 0.6) is 0 Å². The van der Waals surface area contributed by atoms with Gasteiger partial charge in [-0.3, -0.25) is 4.79 Å². The van der Waals surface area contributed by atoms with Gasteiger partial charge in [0.2, 0.25) is 0 Å². The highest BCUT2D eigenvalue weighted by molar-refractivity contribution is 5.87. The van der Waals surface area contributed by atoms with Gasteiger partial charge in [0.05, 0.1) is 6.04 Å². The first-order valence-electron chi connectivity index (χ1n) is 6.60. The summed E-state index contributed by atoms with van der Waals surface area (Å²) in [4.78, 5) is 22.6. The molecule has 0 aliphatic heterocycles. The maximum Gasteiger partial charge on any atom is 0.405 e. The Kier molecular flexibility index (Phi) is 4.35. The standard InChI is InChI=1S/C16H17NO3/c1-2-15(18)14(17-16(19)20)10-11-7-8-12-5-3-4-6-13(12)9-11/h3-9,14,17H,2,10H2,1H3,(H,19,20). The topological polar surface area (TPSA) is 66.4 Å². The average molecular weight is 271 g/mol. The first-order valence-corrected chi connectivity index (χ1v) is 6.60. The summed E-state index contributed by atoms with van der Waals surface area (Å²) in [6.07, 6.45) is -0.472. The van der Waals surface area contributed by atoms with E-state index in [2.05, 4.69) is 5.32 Å². The van der Waals surface area contributed by atoms with Crippen molar-refractivity contribution in [2.24, 2.45) is 0 Å². The lowest BCUT2D eigenvalue weighted by atomic mass is 9.98. The fourth-order valence-corrected chi connectivity index (χ4v) is 2.24. The van der Waals surface area contributed by atoms with Gasteiger partial charge in [-0.25, -0.2) is 4.79 Å². The molecule has 1 unspecified atom stereocenters. The summed E-state index contributed by atoms with van der Waals surface area (Å²) in [6.45, 7) is 1.74. The third-order valence-electron chi connectivity index (χ3n) is 3.29. The largest absolute Gasteiger partial charge is 0.465 e. The van der Waals surface area contributed by atoms with Crippen molar-refractivity contribution >= 4 is 22.6 Å². The number of hydrogen-bond donors (Lipinski definition) is 2. The van der Waals surface area contributed by atoms with Crippen LogP contribution in [0.15, 0.2) is 42.5 Å². The molecule has 0 aliphatic carbocycles. The number of carbonyl (C=O) groups is 2. The Labute approximate surface area is 117 Å². The van der Waals surface area contributed by atoms with Crippen molar-refractivity contribution in [2.75, 3.05) is 0 Å². The number of hydrogen-bond acceptors (Lipinski definition) is 2. The molecular weight excluding hydrogens is 254 g/mol. The summed E-state index contributed by atoms with van der Waals surface area (Å²) in [5.41, 5.74) is 0.948. The van der Waals surface area contributed by atoms with Crippen molar-refractivity contribution in [1.82, 2.24) is 5.32 Å². The van der Waals surface area contributed by atoms with Crippen LogP contribution in [0.3, 0.4) is 0 Å². The van der Waals surface area contributed by atoms with Crippen LogP contribution in [0.2, 0.25) is 0 Å². The second kappa shape index (κ2) is 6.19. The van der Waals surface area contributed by atoms with Gasteiger partial charge in [0, 0.05) is 6.42 Å². The molecular formula is C16H17NO3. The molecule has 0 fully saturated rings. The van der Waals surface area contributed by atoms with Gasteiger partial charge in [-0.05, 0) is 22.8 Å². The first-order chi connectivity index (χ1) is 9.60. The summed E-state index contributed by atoms with van der Waals surface area (Å²) in [5.74, 6) is -0.0967. The minimum Gasteiger partial charge on any atom is -0.465 e. The Bertz CT molecular complexity index is 636. The molecule has 2 aromatic carbocycles. The van der Waals surface area contributed by atoms with E-state index in [0.717, 1.165) is 16.3 Å². The van der Waals surface area contributed by atoms with Crippen molar-refractivity contribution < 1.29 is 14.7 Å². The summed E-state index contributed by atoms with van der Waals surface area (Å²) in [7, 11) is 0. The van der Waals surface area contributed by atoms with Crippen LogP contribution in [0.4, 0.5) is 4.79 Å². The zero-order valence-corrected chi connectivity index (χ0v) is 11.3. The van der Waals surface area contributed by atoms with Gasteiger partial charge in [-0.15, -0.1) is 0 Å². The van der Waals surface area contributed by atoms with E-state index in [1.54, 1.807) is 6.92 Å². The van der Waals surface area contributed by atoms with E-state index < -0.39 is 12.1 Å². The third kappa shape index (κ3) is 3.35. The predicted octanol–water partition coefficient (Wildman–Crippen LogP) is 3.00. The molecule has 0 saturated heterocycles. The summed E-state index contributed by atoms with van der Waals surface area (Å²) in [6, 6.07) is 13.2. The number of ketones is 1. The smallest absolute Gasteiger partial charge is 0.405 e. The van der Waals surface area contributed by atoms with Crippen LogP contribution in [-0.4, -0.2) is 23.0 Å². The number of Topliss-reactive ketones (excluding diaryl/α,β-unsaturated/α-hetero) is 1. The minimum atomic E-state index is -1.17. The number of nitrogens with one attached hydrogen (secondary N) is 1. The Balaban J connectivity index is 2.23. The monoisotopic (exact) mass is 271 g/mol. The van der Waals surface area contributed by atoms with Crippen molar-refractivity contribution in [3.05, 3.63) is 48.0 Å². The predicted molar refractivity (Wildman–Crippen MR) is 77.9 cm³/mol. The summed E-state index contributed by atoms with van der Waals surface area (Å²) >= 11 is 0. The SMILES string of the molecule is CCC(=O)C(Cc1ccc2ccccc2c1)NC(=O)O. The van der Waals surface area contributed by atoms with Gasteiger partial charge in [0.1, 0.15) is 0 Å². The maximum absolute atomic E-state index is 11.8. The lowest BCUT2D eigenvalue weighted by Crippen LogP contribution is -2.41. The maximum atomic E-state index is 11.8. The van der Waals surface area contributed by atoms with Crippen LogP contribution < -0.4 is 5.32 Å². The van der Waals surface area contributed by atoms with Crippen LogP contribution in [0, 0.1) is 0 Å². The molecule has 4 heteroatoms. The second-order valence-electron chi connectivity index (χ2n) is 4.71. The Hall–Kier alpha value is -2.36. The lowest BCUT2D eigenvalue weighted by Gasteiger charge is -2.15. The molecule has 0 heterocycles. The normalized spacial score (nSPS) is 12.1. The quantitative estimate of drug-likeness (QED) is 0.878. The number of benzene rings is 2. The van der Waals surface area contributed by atoms with Gasteiger partial charge >= 0.3 is 6.09 Å². The summed E-state index contributed by atoms with van der Waals surface area (Å²) < 4.78 is 0. The molecule has 2 aromatic rings. The van der Waals surface area contributed by atoms with Gasteiger partial charge in [-0.2, -0.15) is 0 Å². The van der Waals surface area contributed by atoms with Crippen LogP contribution >= 0.6 is 0 Å². The van der Waals surface area contributed by atoms with Crippen LogP contribution in [-0.2, 0) is 11.2 Å². The molecule has 1 atom stereocenters. The molecule has 0 aromatic heterocycles. The molecule has 2 rings (SSSR count). The fraction of sp³-hybridized carbons (Fsp3) is 0.250. The van der Waals surface area contributed by atoms with Gasteiger partial charge in [0.25, 0.3) is 0 Å². The molecule has 0 radical (unpaired) electrons. The van der Waals surface area contributed by atoms with E-state index >= 15 is 0 Å². The molecule has 20 heavy (non-hydrogen) atoms. The third-order valence-corrected chi connectivity index (χ3v) is 3.29. The zero-order chi connectivity index (χ0) is 14.5. The Morgan fingerprint density at radius 2 is 1.85 bits per heavy atom. The fourth-order valence-electron chi connectivity index (χ4n) is 2.24. The first kappa shape index (κ1) is 14.1. The van der Waals surface area contributed by atoms with Crippen molar-refractivity contribution in [3.8, 4) is 0 Å². The Morgan fingerprint density at radius 3 is 2.50 bits per heavy atom. The van der Waals surface area contributed by atoms with Crippen molar-refractivity contribution in [2.45, 2.75) is 25.8 Å². The minimum absolute atomic E-state index is 0.0967. The molecule has 0 bridgehead atoms. The number of rotatable bonds is 5. The van der Waals surface area contributed by atoms with Gasteiger partial charge in [0.15, 0.2) is 5.78 Å². The lowest BCUT2D eigenvalue weighted by molar-refractivity contribution is -0.120. The number of carboxylic acid groups (broad SMARTS) is 1. The number of carbonyl (C=O) groups excluding carboxylic acids is 1. The van der Waals surface area contributed by atoms with Gasteiger partial charge in [-0.1, -0.05) is 49.4 Å². The molecule has 104 valence electrons. The highest BCUT2D eigenvalue weighted by Crippen LogP contribution is 2.17. The molecule has 0 aliphatic rings. The number of amides is 1. The molecule has 0 spiro atoms. The molecule has 4 nitrogen and oxygen atoms in total. The molecule has 0 saturated carbocycles. The number of fused-ring (bicyclic) bond motifs is 1. The van der Waals surface area contributed by atoms with E-state index in [0.29, 0.717) is 12.8 Å². The average Bonchev–Trinajstić information content (AvgIpc) is 2.45. The van der Waals surface area contributed by atoms with E-state index in [-0.39, 0.29) is 5.78 Å².